The van der Waals surface area contributed by atoms with Gasteiger partial charge in [-0.05, 0) is 56.8 Å². The van der Waals surface area contributed by atoms with Crippen LogP contribution in [0.15, 0.2) is 16.4 Å². The van der Waals surface area contributed by atoms with Gasteiger partial charge in [0, 0.05) is 24.5 Å². The number of rotatable bonds is 6. The van der Waals surface area contributed by atoms with Gasteiger partial charge in [0.15, 0.2) is 5.96 Å². The highest BCUT2D eigenvalue weighted by atomic mass is 32.1. The molecule has 0 amide bonds. The Hall–Kier alpha value is -1.07. The number of thiophene rings is 1. The Labute approximate surface area is 132 Å². The van der Waals surface area contributed by atoms with E-state index in [2.05, 4.69) is 45.8 Å². The maximum atomic E-state index is 4.69. The van der Waals surface area contributed by atoms with Crippen LogP contribution in [-0.2, 0) is 6.54 Å². The van der Waals surface area contributed by atoms with Gasteiger partial charge in [0.2, 0.25) is 0 Å². The highest BCUT2D eigenvalue weighted by Crippen LogP contribution is 2.16. The molecule has 4 nitrogen and oxygen atoms in total. The zero-order chi connectivity index (χ0) is 14.9. The molecule has 1 aliphatic rings. The van der Waals surface area contributed by atoms with E-state index in [-0.39, 0.29) is 0 Å². The molecule has 1 aromatic rings. The summed E-state index contributed by atoms with van der Waals surface area (Å²) in [7, 11) is 0. The third-order valence-corrected chi connectivity index (χ3v) is 4.87. The summed E-state index contributed by atoms with van der Waals surface area (Å²) in [6.45, 7) is 10.5. The second-order valence-corrected chi connectivity index (χ2v) is 6.55. The smallest absolute Gasteiger partial charge is 0.191 e. The van der Waals surface area contributed by atoms with Crippen molar-refractivity contribution in [3.05, 3.63) is 21.9 Å². The first-order valence-corrected chi connectivity index (χ1v) is 8.95. The van der Waals surface area contributed by atoms with Gasteiger partial charge >= 0.3 is 0 Å². The summed E-state index contributed by atoms with van der Waals surface area (Å²) < 4.78 is 0. The Morgan fingerprint density at radius 1 is 1.29 bits per heavy atom. The van der Waals surface area contributed by atoms with Crippen molar-refractivity contribution in [1.82, 2.24) is 15.5 Å². The van der Waals surface area contributed by atoms with E-state index in [0.29, 0.717) is 0 Å². The van der Waals surface area contributed by atoms with Gasteiger partial charge in [-0.3, -0.25) is 0 Å². The van der Waals surface area contributed by atoms with Crippen molar-refractivity contribution in [3.63, 3.8) is 0 Å². The average Bonchev–Trinajstić information content (AvgIpc) is 2.91. The Morgan fingerprint density at radius 2 is 2.10 bits per heavy atom. The maximum Gasteiger partial charge on any atom is 0.191 e. The summed E-state index contributed by atoms with van der Waals surface area (Å²) in [5.74, 6) is 0.933. The molecule has 0 saturated carbocycles. The zero-order valence-electron chi connectivity index (χ0n) is 13.3. The van der Waals surface area contributed by atoms with Gasteiger partial charge in [-0.1, -0.05) is 6.42 Å². The fourth-order valence-electron chi connectivity index (χ4n) is 2.57. The van der Waals surface area contributed by atoms with Crippen molar-refractivity contribution < 1.29 is 0 Å². The van der Waals surface area contributed by atoms with Gasteiger partial charge in [-0.2, -0.15) is 0 Å². The van der Waals surface area contributed by atoms with Gasteiger partial charge in [0.1, 0.15) is 0 Å². The molecule has 0 aliphatic carbocycles. The summed E-state index contributed by atoms with van der Waals surface area (Å²) in [5.41, 5.74) is 1.34. The van der Waals surface area contributed by atoms with E-state index < -0.39 is 0 Å². The van der Waals surface area contributed by atoms with Crippen molar-refractivity contribution in [2.45, 2.75) is 39.7 Å². The molecule has 0 unspecified atom stereocenters. The molecule has 0 spiro atoms. The lowest BCUT2D eigenvalue weighted by atomic mass is 10.1. The molecule has 1 fully saturated rings. The lowest BCUT2D eigenvalue weighted by molar-refractivity contribution is 0.232. The molecule has 21 heavy (non-hydrogen) atoms. The number of nitrogens with zero attached hydrogens (tertiary/aromatic N) is 2. The molecular formula is C16H28N4S. The normalized spacial score (nSPS) is 17.0. The molecule has 1 aliphatic heterocycles. The van der Waals surface area contributed by atoms with Crippen LogP contribution in [0.5, 0.6) is 0 Å². The molecule has 2 rings (SSSR count). The molecule has 0 atom stereocenters. The monoisotopic (exact) mass is 308 g/mol. The first-order valence-electron chi connectivity index (χ1n) is 8.07. The summed E-state index contributed by atoms with van der Waals surface area (Å²) in [6, 6.07) is 2.16. The van der Waals surface area contributed by atoms with E-state index in [4.69, 9.17) is 0 Å². The Bertz CT molecular complexity index is 435. The summed E-state index contributed by atoms with van der Waals surface area (Å²) in [6.07, 6.45) is 4.10. The van der Waals surface area contributed by atoms with E-state index in [0.717, 1.165) is 32.1 Å². The highest BCUT2D eigenvalue weighted by Gasteiger charge is 2.09. The molecule has 2 heterocycles. The van der Waals surface area contributed by atoms with E-state index in [1.54, 1.807) is 11.3 Å². The first kappa shape index (κ1) is 16.3. The van der Waals surface area contributed by atoms with Crippen LogP contribution in [0.3, 0.4) is 0 Å². The molecular weight excluding hydrogens is 280 g/mol. The van der Waals surface area contributed by atoms with Crippen LogP contribution in [0, 0.1) is 6.92 Å². The summed E-state index contributed by atoms with van der Waals surface area (Å²) in [4.78, 5) is 8.58. The molecule has 1 saturated heterocycles. The topological polar surface area (TPSA) is 39.7 Å². The van der Waals surface area contributed by atoms with Gasteiger partial charge in [0.05, 0.1) is 6.54 Å². The standard InChI is InChI=1S/C16H28N4S/c1-3-17-16(19-13-15-14(2)7-12-21-15)18-8-11-20-9-5-4-6-10-20/h7,12H,3-6,8-11,13H2,1-2H3,(H2,17,18,19). The lowest BCUT2D eigenvalue weighted by Crippen LogP contribution is -2.42. The van der Waals surface area contributed by atoms with Crippen molar-refractivity contribution in [2.75, 3.05) is 32.7 Å². The van der Waals surface area contributed by atoms with Crippen LogP contribution >= 0.6 is 11.3 Å². The van der Waals surface area contributed by atoms with Crippen LogP contribution in [0.4, 0.5) is 0 Å². The van der Waals surface area contributed by atoms with Crippen molar-refractivity contribution in [3.8, 4) is 0 Å². The van der Waals surface area contributed by atoms with Crippen molar-refractivity contribution in [1.29, 1.82) is 0 Å². The quantitative estimate of drug-likeness (QED) is 0.627. The number of piperidine rings is 1. The molecule has 118 valence electrons. The maximum absolute atomic E-state index is 4.69. The summed E-state index contributed by atoms with van der Waals surface area (Å²) in [5, 5.41) is 8.91. The first-order chi connectivity index (χ1) is 10.3. The van der Waals surface area contributed by atoms with Gasteiger partial charge in [0.25, 0.3) is 0 Å². The number of hydrogen-bond donors (Lipinski definition) is 2. The minimum Gasteiger partial charge on any atom is -0.357 e. The lowest BCUT2D eigenvalue weighted by Gasteiger charge is -2.26. The number of likely N-dealkylation sites (tertiary alicyclic amines) is 1. The summed E-state index contributed by atoms with van der Waals surface area (Å²) >= 11 is 1.79. The third kappa shape index (κ3) is 5.67. The number of aryl methyl sites for hydroxylation is 1. The largest absolute Gasteiger partial charge is 0.357 e. The van der Waals surface area contributed by atoms with Crippen LogP contribution in [-0.4, -0.2) is 43.6 Å². The predicted molar refractivity (Wildman–Crippen MR) is 92.2 cm³/mol. The van der Waals surface area contributed by atoms with Crippen LogP contribution < -0.4 is 10.6 Å². The minimum absolute atomic E-state index is 0.766. The minimum atomic E-state index is 0.766. The van der Waals surface area contributed by atoms with Crippen molar-refractivity contribution >= 4 is 17.3 Å². The Balaban J connectivity index is 1.76. The van der Waals surface area contributed by atoms with E-state index in [9.17, 15) is 0 Å². The Kier molecular flexibility index (Phi) is 7.03. The molecule has 0 bridgehead atoms. The molecule has 5 heteroatoms. The molecule has 1 aromatic heterocycles. The second kappa shape index (κ2) is 9.05. The molecule has 2 N–H and O–H groups in total. The van der Waals surface area contributed by atoms with Crippen molar-refractivity contribution in [2.24, 2.45) is 4.99 Å². The molecule has 0 radical (unpaired) electrons. The van der Waals surface area contributed by atoms with E-state index in [1.807, 2.05) is 0 Å². The third-order valence-electron chi connectivity index (χ3n) is 3.86. The SMILES string of the molecule is CCNC(=NCc1sccc1C)NCCN1CCCCC1. The predicted octanol–water partition coefficient (Wildman–Crippen LogP) is 2.60. The Morgan fingerprint density at radius 3 is 2.76 bits per heavy atom. The average molecular weight is 308 g/mol. The second-order valence-electron chi connectivity index (χ2n) is 5.55. The van der Waals surface area contributed by atoms with Gasteiger partial charge < -0.3 is 15.5 Å². The number of aliphatic imine (C=N–C) groups is 1. The van der Waals surface area contributed by atoms with Crippen LogP contribution in [0.2, 0.25) is 0 Å². The number of hydrogen-bond acceptors (Lipinski definition) is 3. The number of guanidine groups is 1. The fraction of sp³-hybridized carbons (Fsp3) is 0.688. The van der Waals surface area contributed by atoms with E-state index in [1.165, 1.54) is 42.8 Å². The highest BCUT2D eigenvalue weighted by molar-refractivity contribution is 7.10. The zero-order valence-corrected chi connectivity index (χ0v) is 14.1. The number of nitrogens with one attached hydrogen (secondary N) is 2. The fourth-order valence-corrected chi connectivity index (χ4v) is 3.40. The van der Waals surface area contributed by atoms with Gasteiger partial charge in [-0.25, -0.2) is 4.99 Å². The molecule has 0 aromatic carbocycles. The van der Waals surface area contributed by atoms with Gasteiger partial charge in [-0.15, -0.1) is 11.3 Å². The van der Waals surface area contributed by atoms with Crippen LogP contribution in [0.1, 0.15) is 36.6 Å². The van der Waals surface area contributed by atoms with Crippen LogP contribution in [0.25, 0.3) is 0 Å². The van der Waals surface area contributed by atoms with E-state index >= 15 is 0 Å².